The Kier molecular flexibility index (Phi) is 6.57. The van der Waals surface area contributed by atoms with E-state index < -0.39 is 0 Å². The summed E-state index contributed by atoms with van der Waals surface area (Å²) in [5, 5.41) is 0.853. The Morgan fingerprint density at radius 3 is 2.58 bits per heavy atom. The quantitative estimate of drug-likeness (QED) is 0.567. The first-order valence-corrected chi connectivity index (χ1v) is 11.2. The molecule has 1 aliphatic rings. The van der Waals surface area contributed by atoms with E-state index in [4.69, 9.17) is 4.74 Å². The highest BCUT2D eigenvalue weighted by atomic mass is 32.1. The van der Waals surface area contributed by atoms with Crippen LogP contribution in [0.1, 0.15) is 33.4 Å². The first-order valence-electron chi connectivity index (χ1n) is 10.3. The molecule has 0 saturated carbocycles. The molecule has 2 aromatic heterocycles. The lowest BCUT2D eigenvalue weighted by Crippen LogP contribution is -2.35. The highest BCUT2D eigenvalue weighted by Gasteiger charge is 2.23. The minimum Gasteiger partial charge on any atom is -0.462 e. The monoisotopic (exact) mass is 436 g/mol. The Morgan fingerprint density at radius 2 is 1.84 bits per heavy atom. The van der Waals surface area contributed by atoms with E-state index in [-0.39, 0.29) is 11.9 Å². The number of benzene rings is 1. The van der Waals surface area contributed by atoms with Crippen LogP contribution in [0, 0.1) is 0 Å². The van der Waals surface area contributed by atoms with Gasteiger partial charge >= 0.3 is 5.97 Å². The fraction of sp³-hybridized carbons (Fsp3) is 0.304. The highest BCUT2D eigenvalue weighted by molar-refractivity contribution is 7.16. The Morgan fingerprint density at radius 1 is 1.00 bits per heavy atom. The van der Waals surface area contributed by atoms with E-state index >= 15 is 0 Å². The summed E-state index contributed by atoms with van der Waals surface area (Å²) in [5.41, 5.74) is 1.46. The average molecular weight is 437 g/mol. The van der Waals surface area contributed by atoms with Crippen molar-refractivity contribution in [3.8, 4) is 10.6 Å². The first-order chi connectivity index (χ1) is 15.2. The van der Waals surface area contributed by atoms with Crippen LogP contribution >= 0.6 is 11.3 Å². The smallest absolute Gasteiger partial charge is 0.339 e. The van der Waals surface area contributed by atoms with Gasteiger partial charge in [0.05, 0.1) is 18.4 Å². The molecule has 1 aliphatic heterocycles. The molecular weight excluding hydrogens is 412 g/mol. The summed E-state index contributed by atoms with van der Waals surface area (Å²) in [7, 11) is 0. The van der Waals surface area contributed by atoms with Gasteiger partial charge in [-0.25, -0.2) is 14.8 Å². The third-order valence-electron chi connectivity index (χ3n) is 5.10. The molecule has 0 unspecified atom stereocenters. The van der Waals surface area contributed by atoms with Gasteiger partial charge in [0.15, 0.2) is 0 Å². The Balaban J connectivity index is 1.39. The molecule has 1 amide bonds. The third kappa shape index (κ3) is 4.91. The molecule has 0 bridgehead atoms. The maximum absolute atomic E-state index is 13.0. The van der Waals surface area contributed by atoms with Crippen LogP contribution in [0.15, 0.2) is 54.9 Å². The molecule has 0 N–H and O–H groups in total. The van der Waals surface area contributed by atoms with Gasteiger partial charge in [0, 0.05) is 37.9 Å². The number of hydrogen-bond donors (Lipinski definition) is 0. The number of rotatable bonds is 5. The zero-order chi connectivity index (χ0) is 21.6. The Bertz CT molecular complexity index is 1040. The van der Waals surface area contributed by atoms with E-state index in [2.05, 4.69) is 14.9 Å². The van der Waals surface area contributed by atoms with E-state index in [0.717, 1.165) is 29.4 Å². The normalized spacial score (nSPS) is 14.2. The molecule has 1 fully saturated rings. The second kappa shape index (κ2) is 9.70. The van der Waals surface area contributed by atoms with Crippen molar-refractivity contribution >= 4 is 29.0 Å². The van der Waals surface area contributed by atoms with Gasteiger partial charge < -0.3 is 14.5 Å². The van der Waals surface area contributed by atoms with Crippen molar-refractivity contribution in [2.75, 3.05) is 37.7 Å². The molecule has 1 aromatic carbocycles. The third-order valence-corrected chi connectivity index (χ3v) is 6.14. The van der Waals surface area contributed by atoms with E-state index in [1.807, 2.05) is 41.3 Å². The van der Waals surface area contributed by atoms with E-state index in [0.29, 0.717) is 36.7 Å². The van der Waals surface area contributed by atoms with Crippen molar-refractivity contribution in [1.82, 2.24) is 14.9 Å². The van der Waals surface area contributed by atoms with Crippen molar-refractivity contribution in [2.24, 2.45) is 0 Å². The molecule has 1 saturated heterocycles. The highest BCUT2D eigenvalue weighted by Crippen LogP contribution is 2.26. The van der Waals surface area contributed by atoms with E-state index in [9.17, 15) is 9.59 Å². The van der Waals surface area contributed by atoms with Crippen LogP contribution in [0.5, 0.6) is 0 Å². The number of esters is 1. The number of amides is 1. The van der Waals surface area contributed by atoms with E-state index in [1.165, 1.54) is 11.3 Å². The Labute approximate surface area is 185 Å². The summed E-state index contributed by atoms with van der Waals surface area (Å²) in [6, 6.07) is 13.5. The number of anilines is 1. The molecule has 8 heteroatoms. The maximum Gasteiger partial charge on any atom is 0.339 e. The number of nitrogens with zero attached hydrogens (tertiary/aromatic N) is 4. The molecule has 160 valence electrons. The van der Waals surface area contributed by atoms with Crippen LogP contribution in [0.4, 0.5) is 5.82 Å². The maximum atomic E-state index is 13.0. The fourth-order valence-electron chi connectivity index (χ4n) is 3.50. The minimum atomic E-state index is -0.367. The number of thiazole rings is 1. The standard InChI is InChI=1S/C23H24N4O3S/c1-2-30-23(29)18-9-10-20(24-15-18)26-11-6-12-27(14-13-26)22(28)19-16-25-21(31-19)17-7-4-3-5-8-17/h3-5,7-10,15-16H,2,6,11-14H2,1H3. The molecule has 7 nitrogen and oxygen atoms in total. The molecule has 0 aliphatic carbocycles. The van der Waals surface area contributed by atoms with Crippen molar-refractivity contribution in [3.63, 3.8) is 0 Å². The number of aromatic nitrogens is 2. The molecule has 3 heterocycles. The largest absolute Gasteiger partial charge is 0.462 e. The lowest BCUT2D eigenvalue weighted by Gasteiger charge is -2.22. The number of carbonyl (C=O) groups excluding carboxylic acids is 2. The SMILES string of the molecule is CCOC(=O)c1ccc(N2CCCN(C(=O)c3cnc(-c4ccccc4)s3)CC2)nc1. The van der Waals surface area contributed by atoms with Gasteiger partial charge in [-0.2, -0.15) is 0 Å². The van der Waals surface area contributed by atoms with Gasteiger partial charge in [-0.05, 0) is 25.5 Å². The molecule has 4 rings (SSSR count). The molecule has 31 heavy (non-hydrogen) atoms. The van der Waals surface area contributed by atoms with Gasteiger partial charge in [-0.3, -0.25) is 4.79 Å². The van der Waals surface area contributed by atoms with E-state index in [1.54, 1.807) is 25.4 Å². The summed E-state index contributed by atoms with van der Waals surface area (Å²) >= 11 is 1.43. The summed E-state index contributed by atoms with van der Waals surface area (Å²) in [6.07, 6.45) is 4.06. The van der Waals surface area contributed by atoms with Crippen LogP contribution in [0.2, 0.25) is 0 Å². The predicted molar refractivity (Wildman–Crippen MR) is 120 cm³/mol. The van der Waals surface area contributed by atoms with Gasteiger partial charge in [0.1, 0.15) is 15.7 Å². The summed E-state index contributed by atoms with van der Waals surface area (Å²) in [5.74, 6) is 0.451. The number of ether oxygens (including phenoxy) is 1. The fourth-order valence-corrected chi connectivity index (χ4v) is 4.39. The van der Waals surface area contributed by atoms with Crippen molar-refractivity contribution in [1.29, 1.82) is 0 Å². The lowest BCUT2D eigenvalue weighted by molar-refractivity contribution is 0.0525. The molecule has 3 aromatic rings. The molecule has 0 spiro atoms. The van der Waals surface area contributed by atoms with Gasteiger partial charge in [0.25, 0.3) is 5.91 Å². The van der Waals surface area contributed by atoms with Crippen LogP contribution in [-0.2, 0) is 4.74 Å². The predicted octanol–water partition coefficient (Wildman–Crippen LogP) is 3.73. The van der Waals surface area contributed by atoms with Crippen molar-refractivity contribution in [2.45, 2.75) is 13.3 Å². The molecular formula is C23H24N4O3S. The number of carbonyl (C=O) groups is 2. The average Bonchev–Trinajstić information content (AvgIpc) is 3.18. The summed E-state index contributed by atoms with van der Waals surface area (Å²) in [4.78, 5) is 38.4. The molecule has 0 atom stereocenters. The van der Waals surface area contributed by atoms with Crippen molar-refractivity contribution < 1.29 is 14.3 Å². The summed E-state index contributed by atoms with van der Waals surface area (Å²) in [6.45, 7) is 4.89. The van der Waals surface area contributed by atoms with Crippen LogP contribution in [-0.4, -0.2) is 59.5 Å². The first kappa shape index (κ1) is 21.0. The Hall–Kier alpha value is -3.26. The second-order valence-corrected chi connectivity index (χ2v) is 8.18. The van der Waals surface area contributed by atoms with Crippen LogP contribution in [0.3, 0.4) is 0 Å². The van der Waals surface area contributed by atoms with Gasteiger partial charge in [-0.1, -0.05) is 30.3 Å². The van der Waals surface area contributed by atoms with Crippen LogP contribution in [0.25, 0.3) is 10.6 Å². The summed E-state index contributed by atoms with van der Waals surface area (Å²) < 4.78 is 5.00. The van der Waals surface area contributed by atoms with Gasteiger partial charge in [0.2, 0.25) is 0 Å². The van der Waals surface area contributed by atoms with Gasteiger partial charge in [-0.15, -0.1) is 11.3 Å². The zero-order valence-electron chi connectivity index (χ0n) is 17.4. The lowest BCUT2D eigenvalue weighted by atomic mass is 10.2. The number of hydrogen-bond acceptors (Lipinski definition) is 7. The zero-order valence-corrected chi connectivity index (χ0v) is 18.2. The molecule has 0 radical (unpaired) electrons. The van der Waals surface area contributed by atoms with Crippen LogP contribution < -0.4 is 4.90 Å². The number of pyridine rings is 1. The topological polar surface area (TPSA) is 75.6 Å². The minimum absolute atomic E-state index is 0.0205. The van der Waals surface area contributed by atoms with Crippen molar-refractivity contribution in [3.05, 3.63) is 65.3 Å². The second-order valence-electron chi connectivity index (χ2n) is 7.15.